The molecule has 2 heterocycles. The summed E-state index contributed by atoms with van der Waals surface area (Å²) in [5, 5.41) is 12.8. The van der Waals surface area contributed by atoms with Crippen LogP contribution in [0.3, 0.4) is 0 Å². The highest BCUT2D eigenvalue weighted by molar-refractivity contribution is 7.99. The molecule has 1 aliphatic carbocycles. The van der Waals surface area contributed by atoms with Crippen LogP contribution in [0.2, 0.25) is 0 Å². The van der Waals surface area contributed by atoms with Crippen LogP contribution in [0.1, 0.15) is 32.6 Å². The van der Waals surface area contributed by atoms with Gasteiger partial charge in [-0.15, -0.1) is 10.2 Å². The minimum Gasteiger partial charge on any atom is -0.352 e. The van der Waals surface area contributed by atoms with Gasteiger partial charge in [0, 0.05) is 13.1 Å². The average molecular weight is 385 g/mol. The van der Waals surface area contributed by atoms with Gasteiger partial charge in [-0.3, -0.25) is 18.6 Å². The van der Waals surface area contributed by atoms with Crippen molar-refractivity contribution in [2.75, 3.05) is 5.75 Å². The molecule has 27 heavy (non-hydrogen) atoms. The normalized spacial score (nSPS) is 20.2. The van der Waals surface area contributed by atoms with Crippen molar-refractivity contribution in [3.8, 4) is 0 Å². The summed E-state index contributed by atoms with van der Waals surface area (Å²) in [4.78, 5) is 24.9. The average Bonchev–Trinajstić information content (AvgIpc) is 3.10. The predicted octanol–water partition coefficient (Wildman–Crippen LogP) is 2.37. The van der Waals surface area contributed by atoms with Crippen LogP contribution in [0, 0.1) is 5.92 Å². The molecule has 2 unspecified atom stereocenters. The van der Waals surface area contributed by atoms with E-state index in [-0.39, 0.29) is 23.3 Å². The number of para-hydroxylation sites is 1. The van der Waals surface area contributed by atoms with Gasteiger partial charge in [0.15, 0.2) is 5.16 Å². The van der Waals surface area contributed by atoms with E-state index < -0.39 is 0 Å². The zero-order valence-electron chi connectivity index (χ0n) is 15.5. The first kappa shape index (κ1) is 18.0. The molecular weight excluding hydrogens is 362 g/mol. The Morgan fingerprint density at radius 2 is 2.04 bits per heavy atom. The fraction of sp³-hybridized carbons (Fsp3) is 0.474. The summed E-state index contributed by atoms with van der Waals surface area (Å²) in [6.07, 6.45) is 4.65. The van der Waals surface area contributed by atoms with Crippen molar-refractivity contribution in [2.24, 2.45) is 13.0 Å². The van der Waals surface area contributed by atoms with E-state index in [0.29, 0.717) is 22.2 Å². The van der Waals surface area contributed by atoms with E-state index in [1.807, 2.05) is 22.6 Å². The summed E-state index contributed by atoms with van der Waals surface area (Å²) in [6, 6.07) is 7.66. The Morgan fingerprint density at radius 1 is 1.26 bits per heavy atom. The second kappa shape index (κ2) is 7.34. The Hall–Kier alpha value is -2.35. The van der Waals surface area contributed by atoms with Gasteiger partial charge >= 0.3 is 0 Å². The van der Waals surface area contributed by atoms with Crippen molar-refractivity contribution in [3.05, 3.63) is 34.6 Å². The molecule has 1 saturated carbocycles. The number of rotatable bonds is 4. The van der Waals surface area contributed by atoms with E-state index in [1.165, 1.54) is 35.6 Å². The molecule has 0 bridgehead atoms. The molecule has 1 N–H and O–H groups in total. The molecule has 0 spiro atoms. The van der Waals surface area contributed by atoms with Crippen LogP contribution in [0.4, 0.5) is 0 Å². The fourth-order valence-corrected chi connectivity index (χ4v) is 4.57. The number of nitrogens with zero attached hydrogens (tertiary/aromatic N) is 4. The summed E-state index contributed by atoms with van der Waals surface area (Å²) >= 11 is 1.35. The second-order valence-corrected chi connectivity index (χ2v) is 8.17. The molecule has 1 aromatic carbocycles. The number of fused-ring (bicyclic) bond motifs is 3. The van der Waals surface area contributed by atoms with Gasteiger partial charge in [-0.1, -0.05) is 43.7 Å². The van der Waals surface area contributed by atoms with Gasteiger partial charge in [-0.2, -0.15) is 0 Å². The third-order valence-electron chi connectivity index (χ3n) is 5.39. The summed E-state index contributed by atoms with van der Waals surface area (Å²) < 4.78 is 3.33. The van der Waals surface area contributed by atoms with Crippen LogP contribution < -0.4 is 10.9 Å². The molecular formula is C19H23N5O2S. The third-order valence-corrected chi connectivity index (χ3v) is 6.32. The first-order valence-corrected chi connectivity index (χ1v) is 10.3. The van der Waals surface area contributed by atoms with Crippen LogP contribution in [-0.2, 0) is 11.8 Å². The number of nitrogens with one attached hydrogen (secondary N) is 1. The lowest BCUT2D eigenvalue weighted by molar-refractivity contribution is -0.119. The maximum atomic E-state index is 12.5. The van der Waals surface area contributed by atoms with Crippen LogP contribution in [0.15, 0.2) is 34.2 Å². The summed E-state index contributed by atoms with van der Waals surface area (Å²) in [5.74, 6) is 1.30. The zero-order chi connectivity index (χ0) is 19.0. The maximum Gasteiger partial charge on any atom is 0.262 e. The monoisotopic (exact) mass is 385 g/mol. The van der Waals surface area contributed by atoms with Gasteiger partial charge in [-0.25, -0.2) is 0 Å². The number of carbonyl (C=O) groups excluding carboxylic acids is 1. The summed E-state index contributed by atoms with van der Waals surface area (Å²) in [7, 11) is 1.68. The molecule has 0 radical (unpaired) electrons. The number of hydrogen-bond acceptors (Lipinski definition) is 5. The van der Waals surface area contributed by atoms with Gasteiger partial charge in [0.25, 0.3) is 5.56 Å². The minimum atomic E-state index is -0.105. The molecule has 3 aromatic rings. The van der Waals surface area contributed by atoms with Crippen molar-refractivity contribution in [3.63, 3.8) is 0 Å². The van der Waals surface area contributed by atoms with E-state index >= 15 is 0 Å². The molecule has 0 saturated heterocycles. The molecule has 2 atom stereocenters. The zero-order valence-corrected chi connectivity index (χ0v) is 16.3. The van der Waals surface area contributed by atoms with E-state index in [9.17, 15) is 9.59 Å². The van der Waals surface area contributed by atoms with Crippen LogP contribution in [-0.4, -0.2) is 36.9 Å². The highest BCUT2D eigenvalue weighted by Gasteiger charge is 2.23. The number of thioether (sulfide) groups is 1. The van der Waals surface area contributed by atoms with Gasteiger partial charge in [-0.05, 0) is 30.9 Å². The molecule has 1 fully saturated rings. The van der Waals surface area contributed by atoms with Gasteiger partial charge in [0.05, 0.1) is 16.7 Å². The second-order valence-electron chi connectivity index (χ2n) is 7.22. The Kier molecular flexibility index (Phi) is 4.90. The molecule has 4 rings (SSSR count). The van der Waals surface area contributed by atoms with Gasteiger partial charge in [0.2, 0.25) is 11.7 Å². The topological polar surface area (TPSA) is 81.3 Å². The van der Waals surface area contributed by atoms with Crippen LogP contribution >= 0.6 is 11.8 Å². The number of benzene rings is 1. The third kappa shape index (κ3) is 3.34. The Bertz CT molecular complexity index is 1060. The quantitative estimate of drug-likeness (QED) is 0.698. The first-order chi connectivity index (χ1) is 13.1. The molecule has 8 heteroatoms. The number of aryl methyl sites for hydroxylation is 1. The molecule has 2 aromatic heterocycles. The first-order valence-electron chi connectivity index (χ1n) is 9.31. The highest BCUT2D eigenvalue weighted by Crippen LogP contribution is 2.24. The predicted molar refractivity (Wildman–Crippen MR) is 106 cm³/mol. The van der Waals surface area contributed by atoms with E-state index in [0.717, 1.165) is 11.9 Å². The molecule has 142 valence electrons. The highest BCUT2D eigenvalue weighted by atomic mass is 32.2. The van der Waals surface area contributed by atoms with Gasteiger partial charge < -0.3 is 5.32 Å². The Labute approximate surface area is 161 Å². The molecule has 0 aliphatic heterocycles. The Balaban J connectivity index is 1.58. The van der Waals surface area contributed by atoms with Crippen molar-refractivity contribution in [1.29, 1.82) is 0 Å². The lowest BCUT2D eigenvalue weighted by Gasteiger charge is -2.29. The maximum absolute atomic E-state index is 12.5. The minimum absolute atomic E-state index is 0.0182. The lowest BCUT2D eigenvalue weighted by Crippen LogP contribution is -2.41. The molecule has 1 amide bonds. The lowest BCUT2D eigenvalue weighted by atomic mass is 9.86. The Morgan fingerprint density at radius 3 is 2.85 bits per heavy atom. The standard InChI is InChI=1S/C19H23N5O2S/c1-12-7-3-5-9-14(12)20-16(25)11-27-19-22-21-18-23(2)17(26)13-8-4-6-10-15(13)24(18)19/h4,6,8,10,12,14H,3,5,7,9,11H2,1-2H3,(H,20,25). The number of amides is 1. The van der Waals surface area contributed by atoms with Crippen LogP contribution in [0.5, 0.6) is 0 Å². The number of carbonyl (C=O) groups is 1. The smallest absolute Gasteiger partial charge is 0.262 e. The van der Waals surface area contributed by atoms with Crippen molar-refractivity contribution >= 4 is 34.3 Å². The molecule has 7 nitrogen and oxygen atoms in total. The van der Waals surface area contributed by atoms with Crippen molar-refractivity contribution < 1.29 is 4.79 Å². The summed E-state index contributed by atoms with van der Waals surface area (Å²) in [5.41, 5.74) is 0.649. The van der Waals surface area contributed by atoms with Crippen molar-refractivity contribution in [1.82, 2.24) is 24.5 Å². The number of hydrogen-bond donors (Lipinski definition) is 1. The van der Waals surface area contributed by atoms with Gasteiger partial charge in [0.1, 0.15) is 0 Å². The van der Waals surface area contributed by atoms with Crippen LogP contribution in [0.25, 0.3) is 16.7 Å². The van der Waals surface area contributed by atoms with E-state index in [4.69, 9.17) is 0 Å². The van der Waals surface area contributed by atoms with E-state index in [1.54, 1.807) is 13.1 Å². The number of aromatic nitrogens is 4. The fourth-order valence-electron chi connectivity index (χ4n) is 3.81. The largest absolute Gasteiger partial charge is 0.352 e. The SMILES string of the molecule is CC1CCCCC1NC(=O)CSc1nnc2n(C)c(=O)c3ccccc3n12. The van der Waals surface area contributed by atoms with Crippen molar-refractivity contribution in [2.45, 2.75) is 43.8 Å². The van der Waals surface area contributed by atoms with E-state index in [2.05, 4.69) is 22.4 Å². The molecule has 1 aliphatic rings. The summed E-state index contributed by atoms with van der Waals surface area (Å²) in [6.45, 7) is 2.20.